The first-order chi connectivity index (χ1) is 5.57. The Morgan fingerprint density at radius 2 is 2.08 bits per heavy atom. The van der Waals surface area contributed by atoms with Gasteiger partial charge in [0.1, 0.15) is 6.04 Å². The van der Waals surface area contributed by atoms with Crippen molar-refractivity contribution in [1.29, 1.82) is 0 Å². The van der Waals surface area contributed by atoms with Gasteiger partial charge in [-0.2, -0.15) is 0 Å². The van der Waals surface area contributed by atoms with Crippen molar-refractivity contribution in [2.75, 3.05) is 6.61 Å². The Hall–Kier alpha value is -0.570. The molecule has 0 radical (unpaired) electrons. The molecule has 0 fully saturated rings. The van der Waals surface area contributed by atoms with Gasteiger partial charge in [0.15, 0.2) is 0 Å². The first kappa shape index (κ1) is 11.4. The summed E-state index contributed by atoms with van der Waals surface area (Å²) in [5.41, 5.74) is 5.58. The van der Waals surface area contributed by atoms with Crippen LogP contribution in [-0.2, 0) is 9.53 Å². The molecule has 12 heavy (non-hydrogen) atoms. The lowest BCUT2D eigenvalue weighted by molar-refractivity contribution is -0.145. The van der Waals surface area contributed by atoms with Crippen molar-refractivity contribution in [2.45, 2.75) is 39.7 Å². The number of esters is 1. The van der Waals surface area contributed by atoms with Crippen molar-refractivity contribution >= 4 is 5.97 Å². The average molecular weight is 173 g/mol. The summed E-state index contributed by atoms with van der Waals surface area (Å²) >= 11 is 0. The van der Waals surface area contributed by atoms with E-state index in [1.165, 1.54) is 0 Å². The Balaban J connectivity index is 3.61. The summed E-state index contributed by atoms with van der Waals surface area (Å²) in [4.78, 5) is 11.1. The Labute approximate surface area is 74.3 Å². The van der Waals surface area contributed by atoms with Crippen LogP contribution in [0.15, 0.2) is 0 Å². The van der Waals surface area contributed by atoms with Gasteiger partial charge < -0.3 is 10.5 Å². The number of ether oxygens (including phenoxy) is 1. The van der Waals surface area contributed by atoms with Crippen LogP contribution in [0.2, 0.25) is 0 Å². The van der Waals surface area contributed by atoms with E-state index in [-0.39, 0.29) is 5.97 Å². The molecule has 0 aromatic rings. The first-order valence-electron chi connectivity index (χ1n) is 4.50. The van der Waals surface area contributed by atoms with Gasteiger partial charge >= 0.3 is 5.97 Å². The maximum Gasteiger partial charge on any atom is 0.322 e. The molecule has 3 nitrogen and oxygen atoms in total. The van der Waals surface area contributed by atoms with Crippen LogP contribution >= 0.6 is 0 Å². The molecule has 1 unspecified atom stereocenters. The number of rotatable bonds is 5. The van der Waals surface area contributed by atoms with Gasteiger partial charge in [0.25, 0.3) is 0 Å². The SMILES string of the molecule is CCCOC(=O)C(N)CC(C)C. The van der Waals surface area contributed by atoms with Crippen LogP contribution in [0.1, 0.15) is 33.6 Å². The average Bonchev–Trinajstić information content (AvgIpc) is 1.98. The topological polar surface area (TPSA) is 52.3 Å². The highest BCUT2D eigenvalue weighted by molar-refractivity contribution is 5.75. The normalized spacial score (nSPS) is 13.1. The lowest BCUT2D eigenvalue weighted by Crippen LogP contribution is -2.33. The summed E-state index contributed by atoms with van der Waals surface area (Å²) in [7, 11) is 0. The van der Waals surface area contributed by atoms with Crippen LogP contribution in [0.3, 0.4) is 0 Å². The number of nitrogens with two attached hydrogens (primary N) is 1. The fourth-order valence-electron chi connectivity index (χ4n) is 0.914. The molecular weight excluding hydrogens is 154 g/mol. The zero-order valence-corrected chi connectivity index (χ0v) is 8.17. The molecule has 0 bridgehead atoms. The van der Waals surface area contributed by atoms with Crippen LogP contribution in [0.5, 0.6) is 0 Å². The van der Waals surface area contributed by atoms with Crippen LogP contribution < -0.4 is 5.73 Å². The molecule has 1 atom stereocenters. The summed E-state index contributed by atoms with van der Waals surface area (Å²) < 4.78 is 4.89. The second-order valence-corrected chi connectivity index (χ2v) is 3.40. The quantitative estimate of drug-likeness (QED) is 0.638. The number of hydrogen-bond acceptors (Lipinski definition) is 3. The van der Waals surface area contributed by atoms with Gasteiger partial charge in [-0.1, -0.05) is 20.8 Å². The molecule has 0 aromatic heterocycles. The monoisotopic (exact) mass is 173 g/mol. The highest BCUT2D eigenvalue weighted by Gasteiger charge is 2.15. The van der Waals surface area contributed by atoms with Crippen molar-refractivity contribution in [3.8, 4) is 0 Å². The lowest BCUT2D eigenvalue weighted by Gasteiger charge is -2.12. The Bertz CT molecular complexity index is 134. The minimum absolute atomic E-state index is 0.273. The molecule has 3 heteroatoms. The summed E-state index contributed by atoms with van der Waals surface area (Å²) in [6.45, 7) is 6.51. The van der Waals surface area contributed by atoms with Gasteiger partial charge in [0.05, 0.1) is 6.61 Å². The summed E-state index contributed by atoms with van der Waals surface area (Å²) in [6, 6.07) is -0.448. The van der Waals surface area contributed by atoms with Crippen LogP contribution in [0, 0.1) is 5.92 Å². The summed E-state index contributed by atoms with van der Waals surface area (Å²) in [5.74, 6) is 0.166. The second kappa shape index (κ2) is 6.00. The van der Waals surface area contributed by atoms with Gasteiger partial charge in [0.2, 0.25) is 0 Å². The minimum atomic E-state index is -0.448. The Kier molecular flexibility index (Phi) is 5.72. The number of carbonyl (C=O) groups excluding carboxylic acids is 1. The third-order valence-electron chi connectivity index (χ3n) is 1.48. The third-order valence-corrected chi connectivity index (χ3v) is 1.48. The molecule has 2 N–H and O–H groups in total. The second-order valence-electron chi connectivity index (χ2n) is 3.40. The van der Waals surface area contributed by atoms with Crippen molar-refractivity contribution in [3.63, 3.8) is 0 Å². The standard InChI is InChI=1S/C9H19NO2/c1-4-5-12-9(11)8(10)6-7(2)3/h7-8H,4-6,10H2,1-3H3. The molecule has 0 heterocycles. The number of carbonyl (C=O) groups is 1. The van der Waals surface area contributed by atoms with Crippen molar-refractivity contribution in [3.05, 3.63) is 0 Å². The molecule has 0 amide bonds. The molecule has 0 aliphatic carbocycles. The van der Waals surface area contributed by atoms with E-state index >= 15 is 0 Å². The predicted octanol–water partition coefficient (Wildman–Crippen LogP) is 1.31. The minimum Gasteiger partial charge on any atom is -0.465 e. The maximum atomic E-state index is 11.1. The fraction of sp³-hybridized carbons (Fsp3) is 0.889. The molecule has 72 valence electrons. The lowest BCUT2D eigenvalue weighted by atomic mass is 10.1. The van der Waals surface area contributed by atoms with Crippen LogP contribution in [-0.4, -0.2) is 18.6 Å². The Morgan fingerprint density at radius 3 is 2.50 bits per heavy atom. The van der Waals surface area contributed by atoms with E-state index in [2.05, 4.69) is 0 Å². The highest BCUT2D eigenvalue weighted by atomic mass is 16.5. The molecule has 0 rings (SSSR count). The molecular formula is C9H19NO2. The largest absolute Gasteiger partial charge is 0.465 e. The van der Waals surface area contributed by atoms with Gasteiger partial charge in [0, 0.05) is 0 Å². The molecule has 0 aromatic carbocycles. The third kappa shape index (κ3) is 5.13. The number of hydrogen-bond donors (Lipinski definition) is 1. The molecule has 0 saturated heterocycles. The van der Waals surface area contributed by atoms with Crippen molar-refractivity contribution < 1.29 is 9.53 Å². The van der Waals surface area contributed by atoms with Crippen molar-refractivity contribution in [1.82, 2.24) is 0 Å². The molecule has 0 saturated carbocycles. The van der Waals surface area contributed by atoms with Gasteiger partial charge in [-0.25, -0.2) is 0 Å². The Morgan fingerprint density at radius 1 is 1.50 bits per heavy atom. The van der Waals surface area contributed by atoms with E-state index in [0.29, 0.717) is 18.9 Å². The van der Waals surface area contributed by atoms with Crippen LogP contribution in [0.4, 0.5) is 0 Å². The summed E-state index contributed by atoms with van der Waals surface area (Å²) in [6.07, 6.45) is 1.54. The maximum absolute atomic E-state index is 11.1. The zero-order valence-electron chi connectivity index (χ0n) is 8.17. The van der Waals surface area contributed by atoms with Gasteiger partial charge in [-0.05, 0) is 18.8 Å². The van der Waals surface area contributed by atoms with Crippen molar-refractivity contribution in [2.24, 2.45) is 11.7 Å². The predicted molar refractivity (Wildman–Crippen MR) is 48.7 cm³/mol. The fourth-order valence-corrected chi connectivity index (χ4v) is 0.914. The summed E-state index contributed by atoms with van der Waals surface area (Å²) in [5, 5.41) is 0. The zero-order chi connectivity index (χ0) is 9.56. The van der Waals surface area contributed by atoms with E-state index in [0.717, 1.165) is 6.42 Å². The van der Waals surface area contributed by atoms with Crippen LogP contribution in [0.25, 0.3) is 0 Å². The van der Waals surface area contributed by atoms with Gasteiger partial charge in [-0.3, -0.25) is 4.79 Å². The molecule has 0 spiro atoms. The van der Waals surface area contributed by atoms with Gasteiger partial charge in [-0.15, -0.1) is 0 Å². The smallest absolute Gasteiger partial charge is 0.322 e. The molecule has 0 aliphatic heterocycles. The van der Waals surface area contributed by atoms with E-state index in [1.807, 2.05) is 20.8 Å². The van der Waals surface area contributed by atoms with E-state index < -0.39 is 6.04 Å². The van der Waals surface area contributed by atoms with E-state index in [1.54, 1.807) is 0 Å². The molecule has 0 aliphatic rings. The first-order valence-corrected chi connectivity index (χ1v) is 4.50. The van der Waals surface area contributed by atoms with E-state index in [9.17, 15) is 4.79 Å². The van der Waals surface area contributed by atoms with E-state index in [4.69, 9.17) is 10.5 Å². The highest BCUT2D eigenvalue weighted by Crippen LogP contribution is 2.03.